The molecule has 0 fully saturated rings. The van der Waals surface area contributed by atoms with Crippen LogP contribution in [0.3, 0.4) is 0 Å². The monoisotopic (exact) mass is 482 g/mol. The first-order chi connectivity index (χ1) is 16.3. The average molecular weight is 483 g/mol. The zero-order valence-corrected chi connectivity index (χ0v) is 19.4. The smallest absolute Gasteiger partial charge is 0.259 e. The number of hydrogen-bond acceptors (Lipinski definition) is 6. The lowest BCUT2D eigenvalue weighted by Gasteiger charge is -2.11. The number of nitrogens with zero attached hydrogens (tertiary/aromatic N) is 2. The Hall–Kier alpha value is -3.63. The molecule has 1 amide bonds. The normalized spacial score (nSPS) is 11.6. The number of halogens is 1. The van der Waals surface area contributed by atoms with Crippen molar-refractivity contribution in [2.75, 3.05) is 11.9 Å². The van der Waals surface area contributed by atoms with Crippen molar-refractivity contribution in [2.24, 2.45) is 0 Å². The first-order valence-corrected chi connectivity index (χ1v) is 12.2. The second kappa shape index (κ2) is 9.70. The molecule has 0 unspecified atom stereocenters. The van der Waals surface area contributed by atoms with Crippen LogP contribution in [0.25, 0.3) is 22.4 Å². The molecule has 176 valence electrons. The molecule has 0 aliphatic rings. The molecular weight excluding hydrogens is 459 g/mol. The molecule has 0 radical (unpaired) electrons. The predicted octanol–water partition coefficient (Wildman–Crippen LogP) is 4.67. The van der Waals surface area contributed by atoms with E-state index in [4.69, 9.17) is 4.52 Å². The Kier molecular flexibility index (Phi) is 6.71. The largest absolute Gasteiger partial charge is 0.335 e. The highest BCUT2D eigenvalue weighted by Crippen LogP contribution is 2.29. The molecule has 2 aromatic carbocycles. The van der Waals surface area contributed by atoms with Crippen molar-refractivity contribution in [3.63, 3.8) is 0 Å². The molecule has 8 nitrogen and oxygen atoms in total. The molecule has 2 N–H and O–H groups in total. The number of amides is 1. The first kappa shape index (κ1) is 23.5. The fraction of sp³-hybridized carbons (Fsp3) is 0.208. The Bertz CT molecular complexity index is 1470. The summed E-state index contributed by atoms with van der Waals surface area (Å²) in [6.45, 7) is 3.97. The van der Waals surface area contributed by atoms with E-state index in [1.54, 1.807) is 37.3 Å². The minimum absolute atomic E-state index is 0.0366. The molecule has 0 spiro atoms. The number of fused-ring (bicyclic) bond motifs is 1. The lowest BCUT2D eigenvalue weighted by Crippen LogP contribution is -2.24. The Morgan fingerprint density at radius 2 is 1.91 bits per heavy atom. The molecule has 34 heavy (non-hydrogen) atoms. The molecule has 4 rings (SSSR count). The minimum atomic E-state index is -3.71. The van der Waals surface area contributed by atoms with E-state index in [1.165, 1.54) is 24.3 Å². The van der Waals surface area contributed by atoms with E-state index >= 15 is 0 Å². The second-order valence-electron chi connectivity index (χ2n) is 7.72. The van der Waals surface area contributed by atoms with Crippen LogP contribution in [0.4, 0.5) is 10.1 Å². The minimum Gasteiger partial charge on any atom is -0.335 e. The number of pyridine rings is 1. The topological polar surface area (TPSA) is 114 Å². The summed E-state index contributed by atoms with van der Waals surface area (Å²) in [4.78, 5) is 17.6. The summed E-state index contributed by atoms with van der Waals surface area (Å²) in [6, 6.07) is 13.5. The quantitative estimate of drug-likeness (QED) is 0.353. The summed E-state index contributed by atoms with van der Waals surface area (Å²) in [7, 11) is -3.71. The van der Waals surface area contributed by atoms with Gasteiger partial charge in [-0.25, -0.2) is 22.5 Å². The van der Waals surface area contributed by atoms with Crippen LogP contribution in [0.2, 0.25) is 0 Å². The van der Waals surface area contributed by atoms with Gasteiger partial charge < -0.3 is 9.84 Å². The highest BCUT2D eigenvalue weighted by molar-refractivity contribution is 7.89. The number of benzene rings is 2. The first-order valence-electron chi connectivity index (χ1n) is 10.7. The van der Waals surface area contributed by atoms with E-state index in [0.29, 0.717) is 17.6 Å². The second-order valence-corrected chi connectivity index (χ2v) is 9.48. The van der Waals surface area contributed by atoms with E-state index in [0.717, 1.165) is 12.8 Å². The molecular formula is C24H23FN4O4S. The Morgan fingerprint density at radius 1 is 1.12 bits per heavy atom. The number of carbonyl (C=O) groups is 1. The van der Waals surface area contributed by atoms with Crippen LogP contribution in [-0.2, 0) is 10.0 Å². The number of rotatable bonds is 8. The van der Waals surface area contributed by atoms with E-state index in [2.05, 4.69) is 20.2 Å². The van der Waals surface area contributed by atoms with Crippen LogP contribution >= 0.6 is 0 Å². The van der Waals surface area contributed by atoms with E-state index in [9.17, 15) is 17.6 Å². The van der Waals surface area contributed by atoms with Crippen molar-refractivity contribution in [2.45, 2.75) is 31.6 Å². The third-order valence-electron chi connectivity index (χ3n) is 5.24. The molecule has 4 aromatic rings. The number of aromatic nitrogens is 2. The summed E-state index contributed by atoms with van der Waals surface area (Å²) >= 11 is 0. The third-order valence-corrected chi connectivity index (χ3v) is 6.69. The van der Waals surface area contributed by atoms with Gasteiger partial charge in [0.05, 0.1) is 27.2 Å². The molecule has 0 aliphatic carbocycles. The molecule has 0 saturated heterocycles. The molecule has 10 heteroatoms. The van der Waals surface area contributed by atoms with E-state index in [-0.39, 0.29) is 33.1 Å². The lowest BCUT2D eigenvalue weighted by molar-refractivity contribution is 0.102. The van der Waals surface area contributed by atoms with Gasteiger partial charge in [-0.2, -0.15) is 0 Å². The van der Waals surface area contributed by atoms with Gasteiger partial charge in [0.25, 0.3) is 11.6 Å². The number of aryl methyl sites for hydroxylation is 1. The summed E-state index contributed by atoms with van der Waals surface area (Å²) < 4.78 is 47.3. The molecule has 2 aromatic heterocycles. The van der Waals surface area contributed by atoms with Gasteiger partial charge in [0, 0.05) is 17.8 Å². The van der Waals surface area contributed by atoms with E-state index < -0.39 is 21.7 Å². The standard InChI is InChI=1S/C24H23FN4O4S/c1-3-4-12-26-34(31,32)17-9-7-8-16(13-17)27-23(30)19-14-21(18-10-5-6-11-20(18)25)28-24-22(19)15(2)29-33-24/h5-11,13-14,26H,3-4,12H2,1-2H3,(H,27,30). The van der Waals surface area contributed by atoms with Crippen LogP contribution < -0.4 is 10.0 Å². The van der Waals surface area contributed by atoms with Crippen molar-refractivity contribution in [1.29, 1.82) is 0 Å². The number of sulfonamides is 1. The van der Waals surface area contributed by atoms with Crippen LogP contribution in [0.15, 0.2) is 64.0 Å². The van der Waals surface area contributed by atoms with Crippen LogP contribution in [-0.4, -0.2) is 31.0 Å². The van der Waals surface area contributed by atoms with Gasteiger partial charge in [0.2, 0.25) is 10.0 Å². The highest BCUT2D eigenvalue weighted by Gasteiger charge is 2.21. The zero-order valence-electron chi connectivity index (χ0n) is 18.6. The van der Waals surface area contributed by atoms with Gasteiger partial charge in [-0.15, -0.1) is 0 Å². The number of unbranched alkanes of at least 4 members (excludes halogenated alkanes) is 1. The summed E-state index contributed by atoms with van der Waals surface area (Å²) in [5.41, 5.74) is 1.43. The van der Waals surface area contributed by atoms with Gasteiger partial charge in [-0.3, -0.25) is 4.79 Å². The Labute approximate surface area is 196 Å². The van der Waals surface area contributed by atoms with Crippen LogP contribution in [0.5, 0.6) is 0 Å². The summed E-state index contributed by atoms with van der Waals surface area (Å²) in [5.74, 6) is -1.03. The number of anilines is 1. The molecule has 0 aliphatic heterocycles. The number of carbonyl (C=O) groups excluding carboxylic acids is 1. The van der Waals surface area contributed by atoms with Crippen LogP contribution in [0, 0.1) is 12.7 Å². The molecule has 0 atom stereocenters. The summed E-state index contributed by atoms with van der Waals surface area (Å²) in [6.07, 6.45) is 1.58. The highest BCUT2D eigenvalue weighted by atomic mass is 32.2. The SMILES string of the molecule is CCCCNS(=O)(=O)c1cccc(NC(=O)c2cc(-c3ccccc3F)nc3onc(C)c23)c1. The van der Waals surface area contributed by atoms with Crippen molar-refractivity contribution in [3.05, 3.63) is 71.7 Å². The van der Waals surface area contributed by atoms with Crippen LogP contribution in [0.1, 0.15) is 35.8 Å². The Morgan fingerprint density at radius 3 is 2.68 bits per heavy atom. The average Bonchev–Trinajstić information content (AvgIpc) is 3.19. The van der Waals surface area contributed by atoms with Gasteiger partial charge in [-0.05, 0) is 49.7 Å². The molecule has 0 bridgehead atoms. The number of nitrogens with one attached hydrogen (secondary N) is 2. The van der Waals surface area contributed by atoms with Crippen molar-refractivity contribution in [1.82, 2.24) is 14.9 Å². The maximum atomic E-state index is 14.4. The predicted molar refractivity (Wildman–Crippen MR) is 126 cm³/mol. The van der Waals surface area contributed by atoms with Crippen molar-refractivity contribution >= 4 is 32.7 Å². The zero-order chi connectivity index (χ0) is 24.3. The fourth-order valence-electron chi connectivity index (χ4n) is 3.49. The summed E-state index contributed by atoms with van der Waals surface area (Å²) in [5, 5.41) is 7.00. The Balaban J connectivity index is 1.69. The fourth-order valence-corrected chi connectivity index (χ4v) is 4.61. The van der Waals surface area contributed by atoms with Gasteiger partial charge in [0.15, 0.2) is 0 Å². The van der Waals surface area contributed by atoms with Crippen molar-refractivity contribution < 1.29 is 22.1 Å². The lowest BCUT2D eigenvalue weighted by atomic mass is 10.0. The van der Waals surface area contributed by atoms with E-state index in [1.807, 2.05) is 6.92 Å². The van der Waals surface area contributed by atoms with Gasteiger partial charge in [0.1, 0.15) is 5.82 Å². The van der Waals surface area contributed by atoms with Crippen molar-refractivity contribution in [3.8, 4) is 11.3 Å². The molecule has 2 heterocycles. The number of hydrogen-bond donors (Lipinski definition) is 2. The van der Waals surface area contributed by atoms with Gasteiger partial charge >= 0.3 is 0 Å². The maximum Gasteiger partial charge on any atom is 0.259 e. The third kappa shape index (κ3) is 4.82. The maximum absolute atomic E-state index is 14.4. The van der Waals surface area contributed by atoms with Gasteiger partial charge in [-0.1, -0.05) is 36.7 Å². The molecule has 0 saturated carbocycles.